The third-order valence-electron chi connectivity index (χ3n) is 5.60. The molecule has 150 valence electrons. The van der Waals surface area contributed by atoms with Crippen molar-refractivity contribution in [3.8, 4) is 0 Å². The zero-order valence-corrected chi connectivity index (χ0v) is 18.4. The van der Waals surface area contributed by atoms with Gasteiger partial charge in [-0.05, 0) is 44.5 Å². The molecule has 1 amide bonds. The van der Waals surface area contributed by atoms with E-state index in [0.29, 0.717) is 0 Å². The number of likely N-dealkylation sites (N-methyl/N-ethyl adjacent to an activating group) is 1. The lowest BCUT2D eigenvalue weighted by Crippen LogP contribution is -2.42. The maximum absolute atomic E-state index is 13.3. The van der Waals surface area contributed by atoms with Gasteiger partial charge >= 0.3 is 0 Å². The van der Waals surface area contributed by atoms with Gasteiger partial charge in [-0.3, -0.25) is 9.69 Å². The average Bonchev–Trinajstić information content (AvgIpc) is 3.11. The Kier molecular flexibility index (Phi) is 8.52. The summed E-state index contributed by atoms with van der Waals surface area (Å²) in [6.45, 7) is 10.1. The fourth-order valence-corrected chi connectivity index (χ4v) is 4.92. The highest BCUT2D eigenvalue weighted by Gasteiger charge is 2.29. The number of rotatable bonds is 7. The van der Waals surface area contributed by atoms with Crippen molar-refractivity contribution >= 4 is 45.0 Å². The molecule has 0 spiro atoms. The van der Waals surface area contributed by atoms with Crippen molar-refractivity contribution in [2.45, 2.75) is 52.9 Å². The standard InChI is InChI=1S/C21H31N3OS.ClH/c1-4-23(5-2)14-15-24(20(25)17-11-7-6-8-12-17)21-22-19-16(3)10-9-13-18(19)26-21;/h9-10,13,17H,4-8,11-12,14-15H2,1-3H3;1H. The van der Waals surface area contributed by atoms with E-state index >= 15 is 0 Å². The molecule has 6 heteroatoms. The summed E-state index contributed by atoms with van der Waals surface area (Å²) in [4.78, 5) is 22.5. The lowest BCUT2D eigenvalue weighted by atomic mass is 9.88. The summed E-state index contributed by atoms with van der Waals surface area (Å²) in [7, 11) is 0. The highest BCUT2D eigenvalue weighted by Crippen LogP contribution is 2.33. The summed E-state index contributed by atoms with van der Waals surface area (Å²) < 4.78 is 1.17. The van der Waals surface area contributed by atoms with Crippen LogP contribution in [0.15, 0.2) is 18.2 Å². The molecule has 2 aromatic rings. The molecular weight excluding hydrogens is 378 g/mol. The van der Waals surface area contributed by atoms with E-state index in [9.17, 15) is 4.79 Å². The molecule has 1 aromatic carbocycles. The van der Waals surface area contributed by atoms with Crippen LogP contribution in [-0.4, -0.2) is 42.0 Å². The number of anilines is 1. The Bertz CT molecular complexity index is 738. The number of benzene rings is 1. The van der Waals surface area contributed by atoms with Gasteiger partial charge in [0.25, 0.3) is 0 Å². The molecule has 1 saturated carbocycles. The van der Waals surface area contributed by atoms with Crippen LogP contribution in [-0.2, 0) is 4.79 Å². The van der Waals surface area contributed by atoms with E-state index in [1.807, 2.05) is 4.90 Å². The Hall–Kier alpha value is -1.17. The van der Waals surface area contributed by atoms with Gasteiger partial charge in [-0.1, -0.05) is 56.6 Å². The predicted molar refractivity (Wildman–Crippen MR) is 118 cm³/mol. The van der Waals surface area contributed by atoms with E-state index in [2.05, 4.69) is 43.9 Å². The van der Waals surface area contributed by atoms with Gasteiger partial charge in [-0.15, -0.1) is 12.4 Å². The number of fused-ring (bicyclic) bond motifs is 1. The molecule has 0 N–H and O–H groups in total. The minimum Gasteiger partial charge on any atom is -0.302 e. The molecule has 4 nitrogen and oxygen atoms in total. The van der Waals surface area contributed by atoms with Crippen LogP contribution in [0.25, 0.3) is 10.2 Å². The normalized spacial score (nSPS) is 15.1. The molecule has 0 aliphatic heterocycles. The number of carbonyl (C=O) groups excluding carboxylic acids is 1. The Morgan fingerprint density at radius 3 is 2.48 bits per heavy atom. The van der Waals surface area contributed by atoms with Crippen molar-refractivity contribution in [1.82, 2.24) is 9.88 Å². The van der Waals surface area contributed by atoms with Gasteiger partial charge in [-0.25, -0.2) is 4.98 Å². The summed E-state index contributed by atoms with van der Waals surface area (Å²) in [5.74, 6) is 0.460. The Morgan fingerprint density at radius 1 is 1.15 bits per heavy atom. The van der Waals surface area contributed by atoms with Crippen molar-refractivity contribution < 1.29 is 4.79 Å². The molecule has 0 atom stereocenters. The van der Waals surface area contributed by atoms with Crippen molar-refractivity contribution in [3.05, 3.63) is 23.8 Å². The molecule has 0 bridgehead atoms. The molecule has 0 unspecified atom stereocenters. The Labute approximate surface area is 173 Å². The van der Waals surface area contributed by atoms with Crippen molar-refractivity contribution in [1.29, 1.82) is 0 Å². The second-order valence-corrected chi connectivity index (χ2v) is 8.28. The van der Waals surface area contributed by atoms with Crippen LogP contribution in [0.3, 0.4) is 0 Å². The molecule has 0 saturated heterocycles. The Morgan fingerprint density at radius 2 is 1.85 bits per heavy atom. The first-order chi connectivity index (χ1) is 12.6. The predicted octanol–water partition coefficient (Wildman–Crippen LogP) is 5.28. The van der Waals surface area contributed by atoms with Crippen LogP contribution in [0.1, 0.15) is 51.5 Å². The third kappa shape index (κ3) is 5.21. The summed E-state index contributed by atoms with van der Waals surface area (Å²) in [5.41, 5.74) is 2.22. The van der Waals surface area contributed by atoms with E-state index in [-0.39, 0.29) is 24.2 Å². The summed E-state index contributed by atoms with van der Waals surface area (Å²) in [5, 5.41) is 0.872. The van der Waals surface area contributed by atoms with Gasteiger partial charge < -0.3 is 4.90 Å². The van der Waals surface area contributed by atoms with Crippen LogP contribution in [0.4, 0.5) is 5.13 Å². The van der Waals surface area contributed by atoms with Crippen molar-refractivity contribution in [3.63, 3.8) is 0 Å². The lowest BCUT2D eigenvalue weighted by Gasteiger charge is -2.29. The number of carbonyl (C=O) groups is 1. The number of halogens is 1. The molecule has 1 aliphatic carbocycles. The van der Waals surface area contributed by atoms with Gasteiger partial charge in [0, 0.05) is 19.0 Å². The van der Waals surface area contributed by atoms with Crippen LogP contribution in [0.2, 0.25) is 0 Å². The van der Waals surface area contributed by atoms with Gasteiger partial charge in [-0.2, -0.15) is 0 Å². The zero-order valence-electron chi connectivity index (χ0n) is 16.7. The average molecular weight is 410 g/mol. The van der Waals surface area contributed by atoms with Gasteiger partial charge in [0.1, 0.15) is 0 Å². The Balaban J connectivity index is 0.00000261. The third-order valence-corrected chi connectivity index (χ3v) is 6.64. The van der Waals surface area contributed by atoms with Crippen LogP contribution in [0.5, 0.6) is 0 Å². The largest absolute Gasteiger partial charge is 0.302 e. The molecule has 1 heterocycles. The van der Waals surface area contributed by atoms with E-state index in [0.717, 1.165) is 49.7 Å². The fourth-order valence-electron chi connectivity index (χ4n) is 3.84. The highest BCUT2D eigenvalue weighted by atomic mass is 35.5. The topological polar surface area (TPSA) is 36.4 Å². The number of nitrogens with zero attached hydrogens (tertiary/aromatic N) is 3. The first kappa shape index (κ1) is 22.1. The number of aromatic nitrogens is 1. The van der Waals surface area contributed by atoms with E-state index < -0.39 is 0 Å². The van der Waals surface area contributed by atoms with Gasteiger partial charge in [0.05, 0.1) is 10.2 Å². The molecule has 0 radical (unpaired) electrons. The van der Waals surface area contributed by atoms with E-state index in [1.165, 1.54) is 29.5 Å². The minimum atomic E-state index is 0. The second kappa shape index (κ2) is 10.4. The number of amides is 1. The lowest BCUT2D eigenvalue weighted by molar-refractivity contribution is -0.123. The molecule has 3 rings (SSSR count). The van der Waals surface area contributed by atoms with Crippen molar-refractivity contribution in [2.24, 2.45) is 5.92 Å². The smallest absolute Gasteiger partial charge is 0.231 e. The molecular formula is C21H32ClN3OS. The minimum absolute atomic E-state index is 0. The molecule has 1 fully saturated rings. The van der Waals surface area contributed by atoms with Crippen molar-refractivity contribution in [2.75, 3.05) is 31.1 Å². The highest BCUT2D eigenvalue weighted by molar-refractivity contribution is 7.22. The maximum atomic E-state index is 13.3. The number of hydrogen-bond donors (Lipinski definition) is 0. The van der Waals surface area contributed by atoms with Crippen LogP contribution in [0, 0.1) is 12.8 Å². The summed E-state index contributed by atoms with van der Waals surface area (Å²) in [6.07, 6.45) is 5.69. The van der Waals surface area contributed by atoms with E-state index in [1.54, 1.807) is 11.3 Å². The van der Waals surface area contributed by atoms with Crippen LogP contribution >= 0.6 is 23.7 Å². The number of aryl methyl sites for hydroxylation is 1. The first-order valence-corrected chi connectivity index (χ1v) is 10.9. The SMILES string of the molecule is CCN(CC)CCN(C(=O)C1CCCCC1)c1nc2c(C)cccc2s1.Cl. The zero-order chi connectivity index (χ0) is 18.5. The fraction of sp³-hybridized carbons (Fsp3) is 0.619. The first-order valence-electron chi connectivity index (χ1n) is 10.0. The summed E-state index contributed by atoms with van der Waals surface area (Å²) in [6, 6.07) is 6.27. The second-order valence-electron chi connectivity index (χ2n) is 7.27. The maximum Gasteiger partial charge on any atom is 0.231 e. The van der Waals surface area contributed by atoms with Crippen LogP contribution < -0.4 is 4.90 Å². The number of para-hydroxylation sites is 1. The molecule has 27 heavy (non-hydrogen) atoms. The summed E-state index contributed by atoms with van der Waals surface area (Å²) >= 11 is 1.65. The molecule has 1 aliphatic rings. The number of hydrogen-bond acceptors (Lipinski definition) is 4. The monoisotopic (exact) mass is 409 g/mol. The molecule has 1 aromatic heterocycles. The van der Waals surface area contributed by atoms with Gasteiger partial charge in [0.15, 0.2) is 5.13 Å². The van der Waals surface area contributed by atoms with E-state index in [4.69, 9.17) is 4.98 Å². The number of thiazole rings is 1. The van der Waals surface area contributed by atoms with Gasteiger partial charge in [0.2, 0.25) is 5.91 Å². The quantitative estimate of drug-likeness (QED) is 0.624.